The lowest BCUT2D eigenvalue weighted by Crippen LogP contribution is -2.11. The van der Waals surface area contributed by atoms with Crippen LogP contribution in [-0.4, -0.2) is 6.10 Å². The number of ether oxygens (including phenoxy) is 1. The Morgan fingerprint density at radius 1 is 1.27 bits per heavy atom. The highest BCUT2D eigenvalue weighted by atomic mass is 32.7. The van der Waals surface area contributed by atoms with Crippen molar-refractivity contribution in [2.75, 3.05) is 0 Å². The second-order valence-corrected chi connectivity index (χ2v) is 7.38. The maximum Gasteiger partial charge on any atom is 0.119 e. The molecule has 1 rings (SSSR count). The highest BCUT2D eigenvalue weighted by Gasteiger charge is 2.02. The van der Waals surface area contributed by atoms with Gasteiger partial charge in [-0.2, -0.15) is 0 Å². The van der Waals surface area contributed by atoms with Gasteiger partial charge in [0.2, 0.25) is 0 Å². The third kappa shape index (κ3) is 4.42. The van der Waals surface area contributed by atoms with Crippen molar-refractivity contribution in [2.45, 2.75) is 32.8 Å². The van der Waals surface area contributed by atoms with Gasteiger partial charge in [-0.1, -0.05) is 13.3 Å². The Balaban J connectivity index is 2.64. The summed E-state index contributed by atoms with van der Waals surface area (Å²) in [5, 5.41) is 1.06. The molecular formula is C11H15OPS2. The Bertz CT molecular complexity index is 363. The van der Waals surface area contributed by atoms with Crippen LogP contribution in [0.25, 0.3) is 0 Å². The van der Waals surface area contributed by atoms with Gasteiger partial charge in [-0.3, -0.25) is 0 Å². The topological polar surface area (TPSA) is 9.23 Å². The average Bonchev–Trinajstić information content (AvgIpc) is 2.18. The minimum Gasteiger partial charge on any atom is -0.491 e. The van der Waals surface area contributed by atoms with Crippen LogP contribution >= 0.6 is 5.47 Å². The number of hydrogen-bond donors (Lipinski definition) is 0. The van der Waals surface area contributed by atoms with E-state index in [2.05, 4.69) is 13.8 Å². The van der Waals surface area contributed by atoms with Crippen molar-refractivity contribution in [3.05, 3.63) is 24.3 Å². The summed E-state index contributed by atoms with van der Waals surface area (Å²) in [4.78, 5) is 0. The number of hydrogen-bond acceptors (Lipinski definition) is 3. The molecule has 4 heteroatoms. The SMILES string of the molecule is CCCC(C)Oc1ccc(P(=S)=S)cc1. The Morgan fingerprint density at radius 3 is 2.33 bits per heavy atom. The molecule has 0 aliphatic rings. The smallest absolute Gasteiger partial charge is 0.119 e. The molecule has 0 aromatic heterocycles. The van der Waals surface area contributed by atoms with Crippen LogP contribution in [0, 0.1) is 0 Å². The molecule has 0 fully saturated rings. The molecule has 0 saturated heterocycles. The van der Waals surface area contributed by atoms with E-state index in [0.717, 1.165) is 23.9 Å². The molecule has 0 heterocycles. The van der Waals surface area contributed by atoms with Crippen LogP contribution in [0.5, 0.6) is 5.75 Å². The summed E-state index contributed by atoms with van der Waals surface area (Å²) in [5.41, 5.74) is -0.824. The first-order chi connectivity index (χ1) is 7.13. The lowest BCUT2D eigenvalue weighted by Gasteiger charge is -2.13. The summed E-state index contributed by atoms with van der Waals surface area (Å²) >= 11 is 10.1. The normalized spacial score (nSPS) is 12.1. The summed E-state index contributed by atoms with van der Waals surface area (Å²) in [6.45, 7) is 4.25. The van der Waals surface area contributed by atoms with Crippen molar-refractivity contribution in [3.63, 3.8) is 0 Å². The Hall–Kier alpha value is -0.240. The van der Waals surface area contributed by atoms with E-state index in [1.807, 2.05) is 24.3 Å². The third-order valence-corrected chi connectivity index (χ3v) is 4.06. The molecular weight excluding hydrogens is 243 g/mol. The fourth-order valence-electron chi connectivity index (χ4n) is 1.34. The van der Waals surface area contributed by atoms with Crippen molar-refractivity contribution in [1.82, 2.24) is 0 Å². The van der Waals surface area contributed by atoms with Gasteiger partial charge in [0.05, 0.1) is 6.10 Å². The molecule has 0 N–H and O–H groups in total. The van der Waals surface area contributed by atoms with E-state index in [-0.39, 0.29) is 6.10 Å². The third-order valence-electron chi connectivity index (χ3n) is 2.08. The van der Waals surface area contributed by atoms with Crippen molar-refractivity contribution in [1.29, 1.82) is 0 Å². The molecule has 0 aliphatic carbocycles. The zero-order chi connectivity index (χ0) is 11.3. The maximum atomic E-state index is 5.73. The van der Waals surface area contributed by atoms with Gasteiger partial charge in [-0.25, -0.2) is 0 Å². The van der Waals surface area contributed by atoms with E-state index in [9.17, 15) is 0 Å². The zero-order valence-electron chi connectivity index (χ0n) is 8.97. The van der Waals surface area contributed by atoms with Gasteiger partial charge in [-0.05, 0) is 61.2 Å². The lowest BCUT2D eigenvalue weighted by atomic mass is 10.2. The molecule has 0 amide bonds. The summed E-state index contributed by atoms with van der Waals surface area (Å²) in [6, 6.07) is 7.85. The largest absolute Gasteiger partial charge is 0.491 e. The van der Waals surface area contributed by atoms with Crippen molar-refractivity contribution in [2.24, 2.45) is 0 Å². The van der Waals surface area contributed by atoms with Gasteiger partial charge >= 0.3 is 0 Å². The Kier molecular flexibility index (Phi) is 5.44. The summed E-state index contributed by atoms with van der Waals surface area (Å²) in [5.74, 6) is 0.904. The van der Waals surface area contributed by atoms with Gasteiger partial charge in [0.1, 0.15) is 5.75 Å². The fraction of sp³-hybridized carbons (Fsp3) is 0.455. The van der Waals surface area contributed by atoms with Crippen LogP contribution < -0.4 is 10.0 Å². The van der Waals surface area contributed by atoms with Crippen LogP contribution in [0.2, 0.25) is 0 Å². The molecule has 0 spiro atoms. The first-order valence-corrected chi connectivity index (χ1v) is 8.41. The van der Waals surface area contributed by atoms with Gasteiger partial charge in [0, 0.05) is 10.8 Å². The van der Waals surface area contributed by atoms with E-state index in [4.69, 9.17) is 28.4 Å². The van der Waals surface area contributed by atoms with Crippen LogP contribution in [0.15, 0.2) is 24.3 Å². The van der Waals surface area contributed by atoms with Crippen molar-refractivity contribution < 1.29 is 4.74 Å². The summed E-state index contributed by atoms with van der Waals surface area (Å²) < 4.78 is 5.73. The predicted octanol–water partition coefficient (Wildman–Crippen LogP) is 3.29. The molecule has 1 aromatic carbocycles. The highest BCUT2D eigenvalue weighted by Crippen LogP contribution is 2.15. The van der Waals surface area contributed by atoms with Gasteiger partial charge in [0.25, 0.3) is 0 Å². The molecule has 1 atom stereocenters. The number of benzene rings is 1. The van der Waals surface area contributed by atoms with Gasteiger partial charge in [-0.15, -0.1) is 0 Å². The zero-order valence-corrected chi connectivity index (χ0v) is 11.5. The number of rotatable bonds is 5. The summed E-state index contributed by atoms with van der Waals surface area (Å²) in [7, 11) is 0. The fourth-order valence-corrected chi connectivity index (χ4v) is 2.47. The molecule has 1 nitrogen and oxygen atoms in total. The van der Waals surface area contributed by atoms with E-state index in [1.165, 1.54) is 0 Å². The molecule has 0 radical (unpaired) electrons. The summed E-state index contributed by atoms with van der Waals surface area (Å²) in [6.07, 6.45) is 2.49. The first-order valence-electron chi connectivity index (χ1n) is 5.04. The van der Waals surface area contributed by atoms with Gasteiger partial charge in [0.15, 0.2) is 0 Å². The van der Waals surface area contributed by atoms with Gasteiger partial charge < -0.3 is 4.74 Å². The van der Waals surface area contributed by atoms with Crippen LogP contribution in [-0.2, 0) is 23.6 Å². The molecule has 1 aromatic rings. The van der Waals surface area contributed by atoms with Crippen molar-refractivity contribution in [3.8, 4) is 5.75 Å². The molecule has 82 valence electrons. The monoisotopic (exact) mass is 258 g/mol. The maximum absolute atomic E-state index is 5.73. The Morgan fingerprint density at radius 2 is 1.87 bits per heavy atom. The van der Waals surface area contributed by atoms with Crippen LogP contribution in [0.3, 0.4) is 0 Å². The second-order valence-electron chi connectivity index (χ2n) is 3.47. The lowest BCUT2D eigenvalue weighted by molar-refractivity contribution is 0.210. The molecule has 1 unspecified atom stereocenters. The first kappa shape index (κ1) is 12.8. The molecule has 0 aliphatic heterocycles. The van der Waals surface area contributed by atoms with Crippen LogP contribution in [0.4, 0.5) is 0 Å². The van der Waals surface area contributed by atoms with Crippen molar-refractivity contribution >= 4 is 34.4 Å². The predicted molar refractivity (Wildman–Crippen MR) is 72.7 cm³/mol. The average molecular weight is 258 g/mol. The quantitative estimate of drug-likeness (QED) is 0.750. The van der Waals surface area contributed by atoms with E-state index >= 15 is 0 Å². The highest BCUT2D eigenvalue weighted by molar-refractivity contribution is 8.27. The molecule has 15 heavy (non-hydrogen) atoms. The van der Waals surface area contributed by atoms with E-state index in [1.54, 1.807) is 0 Å². The minimum atomic E-state index is -0.824. The van der Waals surface area contributed by atoms with E-state index < -0.39 is 5.47 Å². The van der Waals surface area contributed by atoms with E-state index in [0.29, 0.717) is 0 Å². The second kappa shape index (κ2) is 6.37. The molecule has 0 bridgehead atoms. The minimum absolute atomic E-state index is 0.273. The van der Waals surface area contributed by atoms with Crippen LogP contribution in [0.1, 0.15) is 26.7 Å². The molecule has 0 saturated carbocycles. The Labute approximate surface area is 102 Å². The standard InChI is InChI=1S/C11H15OPS2/c1-3-4-9(2)12-10-5-7-11(8-6-10)13(14)15/h5-9H,3-4H2,1-2H3.